The van der Waals surface area contributed by atoms with Crippen LogP contribution in [0.4, 0.5) is 0 Å². The lowest BCUT2D eigenvalue weighted by molar-refractivity contribution is 0.332. The van der Waals surface area contributed by atoms with Gasteiger partial charge in [-0.2, -0.15) is 0 Å². The highest BCUT2D eigenvalue weighted by atomic mass is 14.8. The molecule has 0 N–H and O–H groups in total. The number of rotatable bonds is 0. The van der Waals surface area contributed by atoms with Gasteiger partial charge in [0.25, 0.3) is 0 Å². The van der Waals surface area contributed by atoms with Crippen molar-refractivity contribution in [1.82, 2.24) is 0 Å². The maximum absolute atomic E-state index is 2.88. The predicted octanol–water partition coefficient (Wildman–Crippen LogP) is 16.0. The first kappa shape index (κ1) is 24.3. The molecule has 276 valence electrons. The Bertz CT molecular complexity index is 6260. The topological polar surface area (TPSA) is 0 Å². The molecule has 21 aromatic rings. The summed E-state index contributed by atoms with van der Waals surface area (Å²) in [4.78, 5) is 0. The van der Waals surface area contributed by atoms with Gasteiger partial charge in [0.15, 0.2) is 0 Å². The standard InChI is InChI=1S/C65H16/c1-61-46-36-26-16-11-6-7-9-10-8(6)13-20-18(11)28(26)38-40-30(20)32-22(13)24-15(10)25-23-14(9)21-19-12(7)17(16)27-29(19)39-41-31(21)33(23)43-45-35(25)34(24)44-42(32)52-50(40)62(2,48(38)46)57-56(61)58-60-59(57)64(52,4)54(44)55(45)65(60,5)53(43)51(41)63(58,3)49(39)47(61)37(27)36/h56H,1-5H3/t56?,61?,62-,63?,64-,65?/m1/s1. The van der Waals surface area contributed by atoms with Crippen molar-refractivity contribution in [2.24, 2.45) is 5.92 Å². The summed E-state index contributed by atoms with van der Waals surface area (Å²) in [5.41, 5.74) is 24.7. The lowest BCUT2D eigenvalue weighted by Crippen LogP contribution is -2.53. The zero-order chi connectivity index (χ0) is 39.3. The average molecular weight is 797 g/mol. The Balaban J connectivity index is 1.25. The number of benzene rings is 15. The fourth-order valence-corrected chi connectivity index (χ4v) is 26.6. The maximum Gasteiger partial charge on any atom is 0.0446 e. The van der Waals surface area contributed by atoms with Gasteiger partial charge < -0.3 is 0 Å². The van der Waals surface area contributed by atoms with Crippen LogP contribution in [0.2, 0.25) is 0 Å². The SMILES string of the molecule is CC12C3=C4C5=C6C3C3(C)c7c1c1c8c2c2c9c%10c(c%11c%12c%13c(c%14c%15c%16c(c3c3c7c7c1c1c%17c8c9c8c9c%10c%12c%10c%12c%13c%15c%13c%15c%16c3c3c7c1c1c(c%178)c(c9%10)c(c%12%13)c1c3%15)[C@@]6%14C)[C@@]5%11C)C42C. The second-order valence-electron chi connectivity index (χ2n) is 26.5. The van der Waals surface area contributed by atoms with Gasteiger partial charge in [-0.3, -0.25) is 0 Å². The van der Waals surface area contributed by atoms with Gasteiger partial charge in [-0.05, 0) is 321 Å². The molecule has 4 unspecified atom stereocenters. The molecule has 0 heteroatoms. The third-order valence-electron chi connectivity index (χ3n) is 26.6. The van der Waals surface area contributed by atoms with Gasteiger partial charge in [0.1, 0.15) is 0 Å². The third-order valence-corrected chi connectivity index (χ3v) is 26.6. The molecule has 32 rings (SSSR count). The first-order valence-corrected chi connectivity index (χ1v) is 25.1. The van der Waals surface area contributed by atoms with Crippen LogP contribution in [0, 0.1) is 5.92 Å². The molecule has 6 atom stereocenters. The zero-order valence-corrected chi connectivity index (χ0v) is 35.1. The van der Waals surface area contributed by atoms with E-state index in [9.17, 15) is 0 Å². The van der Waals surface area contributed by atoms with E-state index in [1.165, 1.54) is 0 Å². The first-order valence-electron chi connectivity index (χ1n) is 25.1. The summed E-state index contributed by atoms with van der Waals surface area (Å²) < 4.78 is 0. The van der Waals surface area contributed by atoms with Gasteiger partial charge in [-0.15, -0.1) is 0 Å². The second kappa shape index (κ2) is 5.05. The van der Waals surface area contributed by atoms with Crippen molar-refractivity contribution in [2.75, 3.05) is 0 Å². The van der Waals surface area contributed by atoms with E-state index in [1.54, 1.807) is 260 Å². The summed E-state index contributed by atoms with van der Waals surface area (Å²) in [6, 6.07) is 0. The highest BCUT2D eigenvalue weighted by Crippen LogP contribution is 2.90. The molecule has 0 fully saturated rings. The smallest absolute Gasteiger partial charge is 0.0446 e. The Morgan fingerprint density at radius 3 is 0.554 bits per heavy atom. The largest absolute Gasteiger partial charge is 0.0504 e. The fraction of sp³-hybridized carbons (Fsp3) is 0.169. The first-order chi connectivity index (χ1) is 31.8. The minimum Gasteiger partial charge on any atom is -0.0504 e. The molecule has 0 saturated heterocycles. The minimum atomic E-state index is -0.171. The molecule has 0 nitrogen and oxygen atoms in total. The quantitative estimate of drug-likeness (QED) is 0.134. The van der Waals surface area contributed by atoms with Crippen molar-refractivity contribution in [2.45, 2.75) is 61.7 Å². The monoisotopic (exact) mass is 796 g/mol. The lowest BCUT2D eigenvalue weighted by atomic mass is 9.44. The van der Waals surface area contributed by atoms with Crippen LogP contribution in [0.5, 0.6) is 0 Å². The van der Waals surface area contributed by atoms with E-state index in [4.69, 9.17) is 0 Å². The fourth-order valence-electron chi connectivity index (χ4n) is 26.6. The van der Waals surface area contributed by atoms with E-state index >= 15 is 0 Å². The average Bonchev–Trinajstić information content (AvgIpc) is 4.15. The number of hydrogen-bond donors (Lipinski definition) is 0. The van der Waals surface area contributed by atoms with E-state index in [2.05, 4.69) is 34.6 Å². The van der Waals surface area contributed by atoms with Crippen molar-refractivity contribution >= 4 is 215 Å². The van der Waals surface area contributed by atoms with Gasteiger partial charge in [0.2, 0.25) is 0 Å². The summed E-state index contributed by atoms with van der Waals surface area (Å²) >= 11 is 0. The molecular weight excluding hydrogens is 781 g/mol. The maximum atomic E-state index is 2.88. The number of allylic oxidation sites excluding steroid dienone is 4. The lowest BCUT2D eigenvalue weighted by Gasteiger charge is -2.58. The summed E-state index contributed by atoms with van der Waals surface area (Å²) in [5, 5.41) is 68.2. The van der Waals surface area contributed by atoms with E-state index in [0.29, 0.717) is 5.92 Å². The minimum absolute atomic E-state index is 0.108. The van der Waals surface area contributed by atoms with Crippen LogP contribution in [0.1, 0.15) is 90.3 Å². The zero-order valence-electron chi connectivity index (χ0n) is 35.1. The Hall–Kier alpha value is -7.02. The molecule has 21 aromatic carbocycles. The predicted molar refractivity (Wildman–Crippen MR) is 268 cm³/mol. The van der Waals surface area contributed by atoms with E-state index in [0.717, 1.165) is 0 Å². The van der Waals surface area contributed by atoms with Crippen molar-refractivity contribution in [3.63, 3.8) is 0 Å². The van der Waals surface area contributed by atoms with Crippen LogP contribution in [0.15, 0.2) is 22.3 Å². The van der Waals surface area contributed by atoms with E-state index < -0.39 is 0 Å². The molecule has 11 aliphatic rings. The van der Waals surface area contributed by atoms with E-state index in [1.807, 2.05) is 33.4 Å². The summed E-state index contributed by atoms with van der Waals surface area (Å²) in [5.74, 6) is 0.381. The van der Waals surface area contributed by atoms with Crippen LogP contribution < -0.4 is 0 Å². The van der Waals surface area contributed by atoms with Crippen LogP contribution in [-0.4, -0.2) is 0 Å². The molecular formula is C65H16. The normalized spacial score (nSPS) is 32.7. The van der Waals surface area contributed by atoms with Gasteiger partial charge >= 0.3 is 0 Å². The second-order valence-corrected chi connectivity index (χ2v) is 26.5. The van der Waals surface area contributed by atoms with Crippen LogP contribution >= 0.6 is 0 Å². The van der Waals surface area contributed by atoms with Crippen LogP contribution in [0.3, 0.4) is 0 Å². The Kier molecular flexibility index (Phi) is 1.89. The number of hydrogen-bond acceptors (Lipinski definition) is 0. The Morgan fingerprint density at radius 2 is 0.338 bits per heavy atom. The van der Waals surface area contributed by atoms with Crippen molar-refractivity contribution in [1.29, 1.82) is 0 Å². The molecule has 0 heterocycles. The summed E-state index contributed by atoms with van der Waals surface area (Å²) in [6.45, 7) is 14.3. The van der Waals surface area contributed by atoms with Crippen LogP contribution in [-0.2, 0) is 27.1 Å². The molecule has 0 radical (unpaired) electrons. The van der Waals surface area contributed by atoms with Gasteiger partial charge in [0.05, 0.1) is 0 Å². The Morgan fingerprint density at radius 1 is 0.185 bits per heavy atom. The van der Waals surface area contributed by atoms with Crippen LogP contribution in [0.25, 0.3) is 215 Å². The molecule has 0 amide bonds. The molecule has 0 spiro atoms. The molecule has 0 aliphatic heterocycles. The summed E-state index contributed by atoms with van der Waals surface area (Å²) in [6.07, 6.45) is 0. The Labute approximate surface area is 359 Å². The van der Waals surface area contributed by atoms with Gasteiger partial charge in [0, 0.05) is 33.0 Å². The van der Waals surface area contributed by atoms with E-state index in [-0.39, 0.29) is 27.1 Å². The molecule has 65 heavy (non-hydrogen) atoms. The van der Waals surface area contributed by atoms with Crippen molar-refractivity contribution in [3.05, 3.63) is 77.9 Å². The highest BCUT2D eigenvalue weighted by Gasteiger charge is 2.78. The van der Waals surface area contributed by atoms with Gasteiger partial charge in [-0.1, -0.05) is 6.92 Å². The third kappa shape index (κ3) is 1.17. The molecule has 11 aliphatic carbocycles. The molecule has 0 saturated carbocycles. The molecule has 0 bridgehead atoms. The van der Waals surface area contributed by atoms with Gasteiger partial charge in [-0.25, -0.2) is 0 Å². The van der Waals surface area contributed by atoms with Crippen molar-refractivity contribution < 1.29 is 0 Å². The van der Waals surface area contributed by atoms with Crippen molar-refractivity contribution in [3.8, 4) is 0 Å². The summed E-state index contributed by atoms with van der Waals surface area (Å²) in [7, 11) is 0. The molecule has 0 aromatic heterocycles. The highest BCUT2D eigenvalue weighted by molar-refractivity contribution is 6.77.